The number of rotatable bonds is 2. The summed E-state index contributed by atoms with van der Waals surface area (Å²) < 4.78 is 6.22. The second-order valence-electron chi connectivity index (χ2n) is 2.90. The van der Waals surface area contributed by atoms with Crippen LogP contribution in [0.2, 0.25) is 0 Å². The summed E-state index contributed by atoms with van der Waals surface area (Å²) in [5, 5.41) is 8.69. The molecule has 13 heavy (non-hydrogen) atoms. The Labute approximate surface area is 84.5 Å². The fraction of sp³-hybridized carbons (Fsp3) is 0.333. The Kier molecular flexibility index (Phi) is 2.19. The maximum atomic E-state index is 8.69. The molecule has 1 heterocycles. The minimum atomic E-state index is 0.338. The normalized spacial score (nSPS) is 15.1. The van der Waals surface area contributed by atoms with Crippen molar-refractivity contribution in [3.05, 3.63) is 22.4 Å². The summed E-state index contributed by atoms with van der Waals surface area (Å²) in [7, 11) is 0. The summed E-state index contributed by atoms with van der Waals surface area (Å²) in [6, 6.07) is 3.76. The van der Waals surface area contributed by atoms with E-state index in [1.54, 1.807) is 12.3 Å². The lowest BCUT2D eigenvalue weighted by Crippen LogP contribution is -1.98. The number of pyridine rings is 1. The van der Waals surface area contributed by atoms with Gasteiger partial charge in [-0.3, -0.25) is 0 Å². The summed E-state index contributed by atoms with van der Waals surface area (Å²) in [6.07, 6.45) is 4.14. The molecule has 0 amide bonds. The Hall–Kier alpha value is -1.08. The first-order chi connectivity index (χ1) is 6.31. The van der Waals surface area contributed by atoms with E-state index in [4.69, 9.17) is 10.00 Å². The van der Waals surface area contributed by atoms with Crippen LogP contribution >= 0.6 is 15.9 Å². The lowest BCUT2D eigenvalue weighted by molar-refractivity contribution is 0.301. The lowest BCUT2D eigenvalue weighted by atomic mass is 10.3. The fourth-order valence-corrected chi connectivity index (χ4v) is 1.38. The fourth-order valence-electron chi connectivity index (χ4n) is 0.960. The zero-order valence-electron chi connectivity index (χ0n) is 6.83. The van der Waals surface area contributed by atoms with E-state index in [1.807, 2.05) is 6.07 Å². The lowest BCUT2D eigenvalue weighted by Gasteiger charge is -2.06. The van der Waals surface area contributed by atoms with E-state index in [0.29, 0.717) is 22.0 Å². The molecule has 0 N–H and O–H groups in total. The molecule has 0 aromatic carbocycles. The first-order valence-corrected chi connectivity index (χ1v) is 4.82. The molecule has 1 fully saturated rings. The van der Waals surface area contributed by atoms with Crippen molar-refractivity contribution in [2.75, 3.05) is 0 Å². The van der Waals surface area contributed by atoms with Gasteiger partial charge in [0.25, 0.3) is 0 Å². The van der Waals surface area contributed by atoms with Gasteiger partial charge in [0.2, 0.25) is 0 Å². The second-order valence-corrected chi connectivity index (χ2v) is 3.69. The maximum Gasteiger partial charge on any atom is 0.158 e. The molecule has 1 aliphatic rings. The summed E-state index contributed by atoms with van der Waals surface area (Å²) >= 11 is 3.29. The molecule has 2 rings (SSSR count). The molecule has 1 aromatic heterocycles. The molecule has 0 radical (unpaired) electrons. The molecule has 0 saturated heterocycles. The molecule has 0 unspecified atom stereocenters. The van der Waals surface area contributed by atoms with Crippen molar-refractivity contribution < 1.29 is 4.74 Å². The van der Waals surface area contributed by atoms with Crippen LogP contribution in [0.1, 0.15) is 18.5 Å². The van der Waals surface area contributed by atoms with Crippen LogP contribution in [0.25, 0.3) is 0 Å². The van der Waals surface area contributed by atoms with Crippen LogP contribution in [0.15, 0.2) is 16.7 Å². The first-order valence-electron chi connectivity index (χ1n) is 4.02. The van der Waals surface area contributed by atoms with Crippen LogP contribution in [-0.4, -0.2) is 11.1 Å². The number of hydrogen-bond donors (Lipinski definition) is 0. The molecule has 0 bridgehead atoms. The Morgan fingerprint density at radius 1 is 1.62 bits per heavy atom. The number of nitriles is 1. The second kappa shape index (κ2) is 3.35. The van der Waals surface area contributed by atoms with E-state index in [9.17, 15) is 0 Å². The predicted octanol–water partition coefficient (Wildman–Crippen LogP) is 2.26. The van der Waals surface area contributed by atoms with Crippen molar-refractivity contribution in [1.82, 2.24) is 4.98 Å². The van der Waals surface area contributed by atoms with Crippen molar-refractivity contribution in [2.45, 2.75) is 18.9 Å². The highest BCUT2D eigenvalue weighted by atomic mass is 79.9. The Morgan fingerprint density at radius 2 is 2.38 bits per heavy atom. The number of nitrogens with zero attached hydrogens (tertiary/aromatic N) is 2. The third-order valence-corrected chi connectivity index (χ3v) is 2.54. The Bertz CT molecular complexity index is 368. The van der Waals surface area contributed by atoms with Gasteiger partial charge in [0.15, 0.2) is 5.69 Å². The highest BCUT2D eigenvalue weighted by Gasteiger charge is 2.24. The van der Waals surface area contributed by atoms with Crippen LogP contribution in [0, 0.1) is 11.3 Å². The van der Waals surface area contributed by atoms with Crippen molar-refractivity contribution >= 4 is 15.9 Å². The highest BCUT2D eigenvalue weighted by molar-refractivity contribution is 9.10. The van der Waals surface area contributed by atoms with Crippen molar-refractivity contribution in [1.29, 1.82) is 5.26 Å². The summed E-state index contributed by atoms with van der Waals surface area (Å²) in [4.78, 5) is 3.90. The Balaban J connectivity index is 2.28. The SMILES string of the molecule is N#Cc1nccc(OC2CC2)c1Br. The zero-order chi connectivity index (χ0) is 9.26. The number of hydrogen-bond acceptors (Lipinski definition) is 3. The number of ether oxygens (including phenoxy) is 1. The van der Waals surface area contributed by atoms with Gasteiger partial charge in [-0.05, 0) is 34.8 Å². The van der Waals surface area contributed by atoms with Gasteiger partial charge < -0.3 is 4.74 Å². The predicted molar refractivity (Wildman–Crippen MR) is 50.3 cm³/mol. The molecular formula is C9H7BrN2O. The molecule has 0 atom stereocenters. The van der Waals surface area contributed by atoms with E-state index >= 15 is 0 Å². The Morgan fingerprint density at radius 3 is 3.00 bits per heavy atom. The molecule has 1 saturated carbocycles. The van der Waals surface area contributed by atoms with E-state index in [0.717, 1.165) is 12.8 Å². The number of halogens is 1. The van der Waals surface area contributed by atoms with Gasteiger partial charge in [-0.2, -0.15) is 5.26 Å². The average molecular weight is 239 g/mol. The van der Waals surface area contributed by atoms with Gasteiger partial charge in [-0.25, -0.2) is 4.98 Å². The quantitative estimate of drug-likeness (QED) is 0.795. The highest BCUT2D eigenvalue weighted by Crippen LogP contribution is 2.32. The molecule has 3 nitrogen and oxygen atoms in total. The van der Waals surface area contributed by atoms with Crippen molar-refractivity contribution in [3.8, 4) is 11.8 Å². The van der Waals surface area contributed by atoms with Gasteiger partial charge in [0, 0.05) is 6.20 Å². The van der Waals surface area contributed by atoms with Gasteiger partial charge in [-0.1, -0.05) is 0 Å². The molecule has 1 aliphatic carbocycles. The van der Waals surface area contributed by atoms with Crippen molar-refractivity contribution in [2.24, 2.45) is 0 Å². The minimum absolute atomic E-state index is 0.338. The van der Waals surface area contributed by atoms with Crippen LogP contribution in [0.4, 0.5) is 0 Å². The maximum absolute atomic E-state index is 8.69. The minimum Gasteiger partial charge on any atom is -0.489 e. The van der Waals surface area contributed by atoms with Crippen LogP contribution in [0.5, 0.6) is 5.75 Å². The van der Waals surface area contributed by atoms with Gasteiger partial charge in [0.1, 0.15) is 11.8 Å². The van der Waals surface area contributed by atoms with Gasteiger partial charge in [-0.15, -0.1) is 0 Å². The number of aromatic nitrogens is 1. The van der Waals surface area contributed by atoms with E-state index < -0.39 is 0 Å². The largest absolute Gasteiger partial charge is 0.489 e. The molecule has 0 aliphatic heterocycles. The van der Waals surface area contributed by atoms with Crippen molar-refractivity contribution in [3.63, 3.8) is 0 Å². The van der Waals surface area contributed by atoms with E-state index in [2.05, 4.69) is 20.9 Å². The third kappa shape index (κ3) is 1.81. The average Bonchev–Trinajstić information content (AvgIpc) is 2.92. The summed E-state index contributed by atoms with van der Waals surface area (Å²) in [5.41, 5.74) is 0.373. The summed E-state index contributed by atoms with van der Waals surface area (Å²) in [5.74, 6) is 0.717. The third-order valence-electron chi connectivity index (χ3n) is 1.78. The van der Waals surface area contributed by atoms with Gasteiger partial charge in [0.05, 0.1) is 10.6 Å². The summed E-state index contributed by atoms with van der Waals surface area (Å²) in [6.45, 7) is 0. The van der Waals surface area contributed by atoms with Crippen LogP contribution in [0.3, 0.4) is 0 Å². The van der Waals surface area contributed by atoms with Crippen LogP contribution in [-0.2, 0) is 0 Å². The molecule has 0 spiro atoms. The molecule has 4 heteroatoms. The van der Waals surface area contributed by atoms with Crippen LogP contribution < -0.4 is 4.74 Å². The molecule has 66 valence electrons. The topological polar surface area (TPSA) is 45.9 Å². The standard InChI is InChI=1S/C9H7BrN2O/c10-9-7(5-11)12-4-3-8(9)13-6-1-2-6/h3-4,6H,1-2H2. The zero-order valence-corrected chi connectivity index (χ0v) is 8.41. The van der Waals surface area contributed by atoms with Gasteiger partial charge >= 0.3 is 0 Å². The molecule has 1 aromatic rings. The smallest absolute Gasteiger partial charge is 0.158 e. The van der Waals surface area contributed by atoms with E-state index in [1.165, 1.54) is 0 Å². The monoisotopic (exact) mass is 238 g/mol. The van der Waals surface area contributed by atoms with E-state index in [-0.39, 0.29) is 0 Å². The first kappa shape index (κ1) is 8.52. The molecular weight excluding hydrogens is 232 g/mol.